The van der Waals surface area contributed by atoms with Crippen molar-refractivity contribution < 1.29 is 0 Å². The fourth-order valence-corrected chi connectivity index (χ4v) is 2.97. The van der Waals surface area contributed by atoms with Crippen molar-refractivity contribution in [3.63, 3.8) is 0 Å². The highest BCUT2D eigenvalue weighted by molar-refractivity contribution is 4.96. The lowest BCUT2D eigenvalue weighted by Crippen LogP contribution is -2.42. The van der Waals surface area contributed by atoms with Gasteiger partial charge in [-0.05, 0) is 58.0 Å². The van der Waals surface area contributed by atoms with Crippen LogP contribution in [0.2, 0.25) is 0 Å². The first kappa shape index (κ1) is 14.5. The van der Waals surface area contributed by atoms with E-state index < -0.39 is 0 Å². The molecule has 98 valence electrons. The van der Waals surface area contributed by atoms with Gasteiger partial charge in [-0.15, -0.1) is 0 Å². The van der Waals surface area contributed by atoms with Gasteiger partial charge in [-0.1, -0.05) is 20.8 Å². The third-order valence-corrected chi connectivity index (χ3v) is 4.13. The van der Waals surface area contributed by atoms with Crippen LogP contribution in [0.1, 0.15) is 54.4 Å². The predicted octanol–water partition coefficient (Wildman–Crippen LogP) is 3.68. The minimum absolute atomic E-state index is 0.224. The molecule has 1 rings (SSSR count). The van der Waals surface area contributed by atoms with Crippen LogP contribution in [0, 0.1) is 28.6 Å². The Bertz CT molecular complexity index is 288. The van der Waals surface area contributed by atoms with Crippen LogP contribution in [-0.4, -0.2) is 23.5 Å². The molecule has 0 aromatic rings. The average molecular weight is 236 g/mol. The number of rotatable bonds is 0. The van der Waals surface area contributed by atoms with Gasteiger partial charge in [0, 0.05) is 5.54 Å². The summed E-state index contributed by atoms with van der Waals surface area (Å²) in [6.45, 7) is 15.8. The van der Waals surface area contributed by atoms with Crippen LogP contribution in [0.5, 0.6) is 0 Å². The second-order valence-electron chi connectivity index (χ2n) is 7.44. The summed E-state index contributed by atoms with van der Waals surface area (Å²) in [5.74, 6) is 0.752. The van der Waals surface area contributed by atoms with Crippen molar-refractivity contribution in [3.8, 4) is 6.07 Å². The van der Waals surface area contributed by atoms with E-state index in [1.54, 1.807) is 0 Å². The summed E-state index contributed by atoms with van der Waals surface area (Å²) in [5, 5.41) is 9.37. The summed E-state index contributed by atoms with van der Waals surface area (Å²) < 4.78 is 0. The third-order valence-electron chi connectivity index (χ3n) is 4.13. The molecular formula is C15H28N2. The van der Waals surface area contributed by atoms with Crippen LogP contribution in [-0.2, 0) is 0 Å². The molecule has 1 aliphatic rings. The Morgan fingerprint density at radius 2 is 1.53 bits per heavy atom. The topological polar surface area (TPSA) is 27.0 Å². The molecule has 1 aliphatic heterocycles. The Morgan fingerprint density at radius 3 is 1.94 bits per heavy atom. The van der Waals surface area contributed by atoms with Crippen LogP contribution in [0.4, 0.5) is 0 Å². The van der Waals surface area contributed by atoms with Crippen LogP contribution in [0.15, 0.2) is 0 Å². The lowest BCUT2D eigenvalue weighted by atomic mass is 9.71. The molecular weight excluding hydrogens is 208 g/mol. The summed E-state index contributed by atoms with van der Waals surface area (Å²) in [6.07, 6.45) is 2.18. The fourth-order valence-electron chi connectivity index (χ4n) is 2.97. The van der Waals surface area contributed by atoms with Crippen molar-refractivity contribution in [3.05, 3.63) is 0 Å². The highest BCUT2D eigenvalue weighted by Crippen LogP contribution is 2.39. The monoisotopic (exact) mass is 236 g/mol. The molecule has 0 aromatic heterocycles. The Hall–Kier alpha value is -0.550. The highest BCUT2D eigenvalue weighted by atomic mass is 15.2. The molecule has 2 unspecified atom stereocenters. The molecule has 1 saturated heterocycles. The van der Waals surface area contributed by atoms with Gasteiger partial charge >= 0.3 is 0 Å². The van der Waals surface area contributed by atoms with Crippen molar-refractivity contribution >= 4 is 0 Å². The molecule has 0 bridgehead atoms. The van der Waals surface area contributed by atoms with Crippen LogP contribution in [0.25, 0.3) is 0 Å². The normalized spacial score (nSPS) is 28.5. The van der Waals surface area contributed by atoms with Crippen molar-refractivity contribution in [2.45, 2.75) is 59.9 Å². The van der Waals surface area contributed by atoms with Gasteiger partial charge in [-0.3, -0.25) is 4.90 Å². The lowest BCUT2D eigenvalue weighted by molar-refractivity contribution is 0.133. The minimum atomic E-state index is 0.224. The molecule has 1 fully saturated rings. The van der Waals surface area contributed by atoms with Gasteiger partial charge < -0.3 is 0 Å². The van der Waals surface area contributed by atoms with Crippen molar-refractivity contribution in [1.82, 2.24) is 4.90 Å². The minimum Gasteiger partial charge on any atom is -0.298 e. The number of hydrogen-bond acceptors (Lipinski definition) is 2. The van der Waals surface area contributed by atoms with Gasteiger partial charge in [-0.25, -0.2) is 0 Å². The first-order chi connectivity index (χ1) is 7.66. The first-order valence-corrected chi connectivity index (χ1v) is 6.81. The zero-order chi connectivity index (χ0) is 13.3. The second-order valence-corrected chi connectivity index (χ2v) is 7.44. The molecule has 2 heteroatoms. The Labute approximate surface area is 107 Å². The van der Waals surface area contributed by atoms with Gasteiger partial charge in [0.1, 0.15) is 0 Å². The Kier molecular flexibility index (Phi) is 4.25. The van der Waals surface area contributed by atoms with Crippen LogP contribution in [0.3, 0.4) is 0 Å². The van der Waals surface area contributed by atoms with E-state index in [1.165, 1.54) is 0 Å². The average Bonchev–Trinajstić information content (AvgIpc) is 2.36. The van der Waals surface area contributed by atoms with Gasteiger partial charge in [0.15, 0.2) is 0 Å². The maximum Gasteiger partial charge on any atom is 0.0659 e. The Morgan fingerprint density at radius 1 is 1.00 bits per heavy atom. The summed E-state index contributed by atoms with van der Waals surface area (Å²) in [4.78, 5) is 2.53. The summed E-state index contributed by atoms with van der Waals surface area (Å²) in [7, 11) is 0. The number of nitriles is 1. The molecule has 2 atom stereocenters. The number of likely N-dealkylation sites (tertiary alicyclic amines) is 1. The molecule has 2 nitrogen and oxygen atoms in total. The molecule has 0 aliphatic carbocycles. The molecule has 17 heavy (non-hydrogen) atoms. The van der Waals surface area contributed by atoms with Crippen LogP contribution >= 0.6 is 0 Å². The van der Waals surface area contributed by atoms with Gasteiger partial charge in [0.05, 0.1) is 12.0 Å². The highest BCUT2D eigenvalue weighted by Gasteiger charge is 2.36. The SMILES string of the molecule is CC(C)(C)C1CCN(C(C)(C)C)CCC1C#N. The summed E-state index contributed by atoms with van der Waals surface area (Å²) in [6, 6.07) is 2.55. The molecule has 0 radical (unpaired) electrons. The fraction of sp³-hybridized carbons (Fsp3) is 0.933. The third kappa shape index (κ3) is 3.71. The standard InChI is InChI=1S/C15H28N2/c1-14(2,3)13-8-10-17(15(4,5)6)9-7-12(13)11-16/h12-13H,7-10H2,1-6H3. The first-order valence-electron chi connectivity index (χ1n) is 6.81. The molecule has 0 N–H and O–H groups in total. The van der Waals surface area contributed by atoms with Gasteiger partial charge in [0.25, 0.3) is 0 Å². The summed E-state index contributed by atoms with van der Waals surface area (Å²) in [5.41, 5.74) is 0.473. The van der Waals surface area contributed by atoms with E-state index in [2.05, 4.69) is 52.5 Å². The molecule has 0 spiro atoms. The summed E-state index contributed by atoms with van der Waals surface area (Å²) >= 11 is 0. The zero-order valence-electron chi connectivity index (χ0n) is 12.4. The van der Waals surface area contributed by atoms with E-state index in [1.807, 2.05) is 0 Å². The quantitative estimate of drug-likeness (QED) is 0.641. The van der Waals surface area contributed by atoms with Crippen molar-refractivity contribution in [2.75, 3.05) is 13.1 Å². The van der Waals surface area contributed by atoms with Crippen molar-refractivity contribution in [2.24, 2.45) is 17.3 Å². The largest absolute Gasteiger partial charge is 0.298 e. The van der Waals surface area contributed by atoms with E-state index in [0.717, 1.165) is 25.9 Å². The molecule has 1 heterocycles. The molecule has 0 aromatic carbocycles. The van der Waals surface area contributed by atoms with E-state index in [0.29, 0.717) is 5.92 Å². The molecule has 0 saturated carbocycles. The second kappa shape index (κ2) is 4.98. The predicted molar refractivity (Wildman–Crippen MR) is 72.6 cm³/mol. The van der Waals surface area contributed by atoms with Crippen LogP contribution < -0.4 is 0 Å². The van der Waals surface area contributed by atoms with E-state index in [-0.39, 0.29) is 16.9 Å². The van der Waals surface area contributed by atoms with Gasteiger partial charge in [-0.2, -0.15) is 5.26 Å². The maximum absolute atomic E-state index is 9.37. The Balaban J connectivity index is 2.82. The van der Waals surface area contributed by atoms with E-state index >= 15 is 0 Å². The molecule has 0 amide bonds. The van der Waals surface area contributed by atoms with E-state index in [9.17, 15) is 5.26 Å². The number of hydrogen-bond donors (Lipinski definition) is 0. The van der Waals surface area contributed by atoms with E-state index in [4.69, 9.17) is 0 Å². The maximum atomic E-state index is 9.37. The zero-order valence-corrected chi connectivity index (χ0v) is 12.4. The smallest absolute Gasteiger partial charge is 0.0659 e. The number of nitrogens with zero attached hydrogens (tertiary/aromatic N) is 2. The van der Waals surface area contributed by atoms with Crippen molar-refractivity contribution in [1.29, 1.82) is 5.26 Å². The van der Waals surface area contributed by atoms with Gasteiger partial charge in [0.2, 0.25) is 0 Å². The lowest BCUT2D eigenvalue weighted by Gasteiger charge is -2.35.